The molecule has 1 aromatic rings. The summed E-state index contributed by atoms with van der Waals surface area (Å²) in [6, 6.07) is 6.04. The Morgan fingerprint density at radius 1 is 1.36 bits per heavy atom. The maximum absolute atomic E-state index is 12.6. The Morgan fingerprint density at radius 3 is 2.68 bits per heavy atom. The minimum absolute atomic E-state index is 0.0700. The molecule has 0 saturated carbocycles. The summed E-state index contributed by atoms with van der Waals surface area (Å²) >= 11 is 0. The summed E-state index contributed by atoms with van der Waals surface area (Å²) in [5.74, 6) is 0.235. The van der Waals surface area contributed by atoms with Crippen LogP contribution in [0.15, 0.2) is 39.3 Å². The minimum atomic E-state index is -3.75. The van der Waals surface area contributed by atoms with Crippen LogP contribution >= 0.6 is 0 Å². The SMILES string of the molecule is CCN=C(NS(=O)(=O)c1ccc(N)cc1)N1CC2(C=N1)CCOCC2. The highest BCUT2D eigenvalue weighted by Crippen LogP contribution is 2.33. The summed E-state index contributed by atoms with van der Waals surface area (Å²) in [6.07, 6.45) is 3.65. The van der Waals surface area contributed by atoms with E-state index in [0.717, 1.165) is 12.8 Å². The van der Waals surface area contributed by atoms with Crippen LogP contribution in [0.5, 0.6) is 0 Å². The number of aliphatic imine (C=N–C) groups is 1. The summed E-state index contributed by atoms with van der Waals surface area (Å²) in [4.78, 5) is 4.43. The average Bonchev–Trinajstić information content (AvgIpc) is 2.99. The highest BCUT2D eigenvalue weighted by Gasteiger charge is 2.39. The van der Waals surface area contributed by atoms with Crippen molar-refractivity contribution < 1.29 is 13.2 Å². The van der Waals surface area contributed by atoms with Crippen LogP contribution in [0.3, 0.4) is 0 Å². The number of anilines is 1. The van der Waals surface area contributed by atoms with E-state index in [9.17, 15) is 8.42 Å². The monoisotopic (exact) mass is 365 g/mol. The molecule has 3 N–H and O–H groups in total. The van der Waals surface area contributed by atoms with E-state index in [1.165, 1.54) is 12.1 Å². The predicted molar refractivity (Wildman–Crippen MR) is 96.8 cm³/mol. The van der Waals surface area contributed by atoms with Gasteiger partial charge in [0.1, 0.15) is 0 Å². The van der Waals surface area contributed by atoms with Gasteiger partial charge in [-0.25, -0.2) is 18.1 Å². The summed E-state index contributed by atoms with van der Waals surface area (Å²) in [6.45, 7) is 4.28. The van der Waals surface area contributed by atoms with Crippen LogP contribution in [-0.2, 0) is 14.8 Å². The molecule has 9 heteroatoms. The average molecular weight is 365 g/mol. The van der Waals surface area contributed by atoms with E-state index in [2.05, 4.69) is 14.8 Å². The Labute approximate surface area is 147 Å². The number of benzene rings is 1. The second-order valence-corrected chi connectivity index (χ2v) is 7.93. The van der Waals surface area contributed by atoms with Gasteiger partial charge in [0.25, 0.3) is 10.0 Å². The summed E-state index contributed by atoms with van der Waals surface area (Å²) in [7, 11) is -3.75. The molecule has 136 valence electrons. The van der Waals surface area contributed by atoms with Crippen LogP contribution in [0.1, 0.15) is 19.8 Å². The zero-order valence-corrected chi connectivity index (χ0v) is 15.0. The first kappa shape index (κ1) is 17.7. The van der Waals surface area contributed by atoms with Crippen molar-refractivity contribution >= 4 is 27.9 Å². The van der Waals surface area contributed by atoms with Gasteiger partial charge < -0.3 is 10.5 Å². The fourth-order valence-electron chi connectivity index (χ4n) is 2.91. The first-order chi connectivity index (χ1) is 11.9. The molecule has 1 saturated heterocycles. The largest absolute Gasteiger partial charge is 0.399 e. The van der Waals surface area contributed by atoms with Crippen molar-refractivity contribution in [1.82, 2.24) is 9.73 Å². The topological polar surface area (TPSA) is 109 Å². The number of rotatable bonds is 3. The number of nitrogens with two attached hydrogens (primary N) is 1. The van der Waals surface area contributed by atoms with Gasteiger partial charge in [-0.1, -0.05) is 0 Å². The molecule has 2 aliphatic heterocycles. The second kappa shape index (κ2) is 7.01. The fourth-order valence-corrected chi connectivity index (χ4v) is 3.93. The van der Waals surface area contributed by atoms with Crippen LogP contribution in [-0.4, -0.2) is 51.9 Å². The Balaban J connectivity index is 1.77. The number of hydrazone groups is 1. The van der Waals surface area contributed by atoms with Gasteiger partial charge in [-0.2, -0.15) is 5.10 Å². The van der Waals surface area contributed by atoms with Gasteiger partial charge in [-0.15, -0.1) is 0 Å². The highest BCUT2D eigenvalue weighted by molar-refractivity contribution is 7.90. The molecule has 2 aliphatic rings. The Hall–Kier alpha value is -2.13. The van der Waals surface area contributed by atoms with Crippen LogP contribution in [0.25, 0.3) is 0 Å². The third-order valence-electron chi connectivity index (χ3n) is 4.39. The molecule has 2 heterocycles. The number of nitrogens with zero attached hydrogens (tertiary/aromatic N) is 3. The number of ether oxygens (including phenoxy) is 1. The number of hydrogen-bond donors (Lipinski definition) is 2. The second-order valence-electron chi connectivity index (χ2n) is 6.25. The molecule has 0 aromatic heterocycles. The zero-order valence-electron chi connectivity index (χ0n) is 14.2. The highest BCUT2D eigenvalue weighted by atomic mass is 32.2. The Kier molecular flexibility index (Phi) is 4.96. The maximum atomic E-state index is 12.6. The van der Waals surface area contributed by atoms with Gasteiger partial charge in [0.2, 0.25) is 5.96 Å². The van der Waals surface area contributed by atoms with E-state index in [1.807, 2.05) is 13.1 Å². The lowest BCUT2D eigenvalue weighted by molar-refractivity contribution is 0.0453. The Bertz CT molecular complexity index is 767. The van der Waals surface area contributed by atoms with Crippen molar-refractivity contribution in [3.63, 3.8) is 0 Å². The van der Waals surface area contributed by atoms with Crippen molar-refractivity contribution in [3.05, 3.63) is 24.3 Å². The molecule has 0 atom stereocenters. The first-order valence-electron chi connectivity index (χ1n) is 8.27. The molecular formula is C16H23N5O3S. The van der Waals surface area contributed by atoms with E-state index in [4.69, 9.17) is 10.5 Å². The maximum Gasteiger partial charge on any atom is 0.264 e. The van der Waals surface area contributed by atoms with Crippen molar-refractivity contribution in [2.24, 2.45) is 15.5 Å². The van der Waals surface area contributed by atoms with E-state index in [-0.39, 0.29) is 16.3 Å². The number of sulfonamides is 1. The third-order valence-corrected chi connectivity index (χ3v) is 5.74. The summed E-state index contributed by atoms with van der Waals surface area (Å²) in [5.41, 5.74) is 6.06. The van der Waals surface area contributed by atoms with Crippen molar-refractivity contribution in [1.29, 1.82) is 0 Å². The lowest BCUT2D eigenvalue weighted by Crippen LogP contribution is -2.44. The van der Waals surface area contributed by atoms with Crippen LogP contribution in [0, 0.1) is 5.41 Å². The lowest BCUT2D eigenvalue weighted by atomic mass is 9.82. The molecule has 0 bridgehead atoms. The molecule has 0 radical (unpaired) electrons. The van der Waals surface area contributed by atoms with E-state index in [0.29, 0.717) is 32.0 Å². The first-order valence-corrected chi connectivity index (χ1v) is 9.76. The quantitative estimate of drug-likeness (QED) is 0.472. The molecule has 8 nitrogen and oxygen atoms in total. The molecule has 25 heavy (non-hydrogen) atoms. The molecule has 0 amide bonds. The molecule has 1 fully saturated rings. The van der Waals surface area contributed by atoms with Crippen molar-refractivity contribution in [3.8, 4) is 0 Å². The normalized spacial score (nSPS) is 20.2. The van der Waals surface area contributed by atoms with Gasteiger partial charge >= 0.3 is 0 Å². The van der Waals surface area contributed by atoms with E-state index >= 15 is 0 Å². The van der Waals surface area contributed by atoms with Gasteiger partial charge in [-0.3, -0.25) is 4.99 Å². The third kappa shape index (κ3) is 3.93. The summed E-state index contributed by atoms with van der Waals surface area (Å²) < 4.78 is 33.2. The van der Waals surface area contributed by atoms with Gasteiger partial charge in [0.05, 0.1) is 11.4 Å². The van der Waals surface area contributed by atoms with Gasteiger partial charge in [0, 0.05) is 37.1 Å². The molecular weight excluding hydrogens is 342 g/mol. The van der Waals surface area contributed by atoms with Crippen LogP contribution in [0.4, 0.5) is 5.69 Å². The van der Waals surface area contributed by atoms with E-state index in [1.54, 1.807) is 17.1 Å². The standard InChI is InChI=1S/C16H23N5O3S/c1-2-18-15(20-25(22,23)14-5-3-13(17)4-6-14)21-12-16(11-19-21)7-9-24-10-8-16/h3-6,11H,2,7-10,12,17H2,1H3,(H,18,20). The number of nitrogen functional groups attached to an aromatic ring is 1. The fraction of sp³-hybridized carbons (Fsp3) is 0.500. The van der Waals surface area contributed by atoms with Crippen molar-refractivity contribution in [2.45, 2.75) is 24.7 Å². The van der Waals surface area contributed by atoms with E-state index < -0.39 is 10.0 Å². The van der Waals surface area contributed by atoms with Gasteiger partial charge in [-0.05, 0) is 44.0 Å². The molecule has 1 aromatic carbocycles. The molecule has 0 aliphatic carbocycles. The zero-order chi connectivity index (χ0) is 17.9. The number of hydrogen-bond acceptors (Lipinski definition) is 6. The minimum Gasteiger partial charge on any atom is -0.399 e. The van der Waals surface area contributed by atoms with Crippen LogP contribution < -0.4 is 10.5 Å². The Morgan fingerprint density at radius 2 is 2.04 bits per heavy atom. The number of nitrogens with one attached hydrogen (secondary N) is 1. The lowest BCUT2D eigenvalue weighted by Gasteiger charge is -2.31. The van der Waals surface area contributed by atoms with Crippen molar-refractivity contribution in [2.75, 3.05) is 32.0 Å². The predicted octanol–water partition coefficient (Wildman–Crippen LogP) is 1.02. The van der Waals surface area contributed by atoms with Crippen LogP contribution in [0.2, 0.25) is 0 Å². The smallest absolute Gasteiger partial charge is 0.264 e. The van der Waals surface area contributed by atoms with Gasteiger partial charge in [0.15, 0.2) is 0 Å². The molecule has 1 spiro atoms. The number of guanidine groups is 1. The summed E-state index contributed by atoms with van der Waals surface area (Å²) in [5, 5.41) is 6.03. The molecule has 0 unspecified atom stereocenters. The molecule has 3 rings (SSSR count).